The number of hydrogen-bond acceptors (Lipinski definition) is 4. The number of pyridine rings is 1. The van der Waals surface area contributed by atoms with E-state index in [0.717, 1.165) is 58.3 Å². The highest BCUT2D eigenvalue weighted by Gasteiger charge is 2.12. The zero-order valence-corrected chi connectivity index (χ0v) is 16.3. The Morgan fingerprint density at radius 3 is 2.92 bits per heavy atom. The van der Waals surface area contributed by atoms with Crippen molar-refractivity contribution in [3.63, 3.8) is 0 Å². The van der Waals surface area contributed by atoms with E-state index >= 15 is 0 Å². The molecule has 6 heteroatoms. The van der Waals surface area contributed by atoms with Gasteiger partial charge < -0.3 is 15.0 Å². The molecule has 0 amide bonds. The number of ether oxygens (including phenoxy) is 1. The number of halogens is 1. The van der Waals surface area contributed by atoms with Gasteiger partial charge in [0.25, 0.3) is 0 Å². The fourth-order valence-corrected chi connectivity index (χ4v) is 3.78. The van der Waals surface area contributed by atoms with Crippen LogP contribution in [0.15, 0.2) is 41.0 Å². The molecule has 5 nitrogen and oxygen atoms in total. The Morgan fingerprint density at radius 2 is 2.12 bits per heavy atom. The van der Waals surface area contributed by atoms with Crippen LogP contribution in [0.4, 0.5) is 0 Å². The average Bonchev–Trinajstić information content (AvgIpc) is 3.10. The van der Waals surface area contributed by atoms with Crippen LogP contribution in [0.25, 0.3) is 22.6 Å². The molecule has 2 aromatic heterocycles. The molecule has 1 aliphatic rings. The summed E-state index contributed by atoms with van der Waals surface area (Å²) in [4.78, 5) is 12.2. The van der Waals surface area contributed by atoms with Crippen LogP contribution in [0.2, 0.25) is 0 Å². The summed E-state index contributed by atoms with van der Waals surface area (Å²) >= 11 is 3.43. The molecule has 1 unspecified atom stereocenters. The van der Waals surface area contributed by atoms with Crippen molar-refractivity contribution in [1.29, 1.82) is 0 Å². The topological polar surface area (TPSA) is 62.8 Å². The summed E-state index contributed by atoms with van der Waals surface area (Å²) < 4.78 is 6.83. The van der Waals surface area contributed by atoms with Gasteiger partial charge >= 0.3 is 0 Å². The smallest absolute Gasteiger partial charge is 0.178 e. The van der Waals surface area contributed by atoms with Crippen molar-refractivity contribution in [2.45, 2.75) is 25.7 Å². The number of H-pyrrole nitrogens is 1. The maximum Gasteiger partial charge on any atom is 0.178 e. The number of benzene rings is 1. The first-order valence-electron chi connectivity index (χ1n) is 9.23. The lowest BCUT2D eigenvalue weighted by molar-refractivity contribution is 0.275. The summed E-state index contributed by atoms with van der Waals surface area (Å²) in [5.41, 5.74) is 2.67. The van der Waals surface area contributed by atoms with E-state index < -0.39 is 0 Å². The minimum absolute atomic E-state index is 0.723. The van der Waals surface area contributed by atoms with E-state index in [1.54, 1.807) is 6.20 Å². The number of hydrogen-bond donors (Lipinski definition) is 2. The summed E-state index contributed by atoms with van der Waals surface area (Å²) in [7, 11) is 0. The van der Waals surface area contributed by atoms with Crippen molar-refractivity contribution in [3.8, 4) is 17.1 Å². The Labute approximate surface area is 161 Å². The number of aromatic nitrogens is 3. The van der Waals surface area contributed by atoms with E-state index in [1.807, 2.05) is 30.3 Å². The first kappa shape index (κ1) is 17.5. The van der Waals surface area contributed by atoms with Crippen LogP contribution in [-0.4, -0.2) is 34.6 Å². The van der Waals surface area contributed by atoms with Gasteiger partial charge in [0.2, 0.25) is 0 Å². The van der Waals surface area contributed by atoms with Gasteiger partial charge in [-0.25, -0.2) is 9.97 Å². The highest BCUT2D eigenvalue weighted by atomic mass is 79.9. The minimum atomic E-state index is 0.723. The van der Waals surface area contributed by atoms with Gasteiger partial charge in [0.05, 0.1) is 12.1 Å². The van der Waals surface area contributed by atoms with Gasteiger partial charge in [-0.15, -0.1) is 0 Å². The van der Waals surface area contributed by atoms with Crippen molar-refractivity contribution in [2.75, 3.05) is 19.7 Å². The highest BCUT2D eigenvalue weighted by molar-refractivity contribution is 9.10. The molecular weight excluding hydrogens is 392 g/mol. The van der Waals surface area contributed by atoms with Crippen LogP contribution in [0.3, 0.4) is 0 Å². The van der Waals surface area contributed by atoms with Crippen LogP contribution in [0.5, 0.6) is 5.75 Å². The summed E-state index contributed by atoms with van der Waals surface area (Å²) in [6, 6.07) is 10.1. The summed E-state index contributed by atoms with van der Waals surface area (Å²) in [5, 5.41) is 3.47. The zero-order chi connectivity index (χ0) is 17.8. The van der Waals surface area contributed by atoms with E-state index in [2.05, 4.69) is 36.2 Å². The third kappa shape index (κ3) is 4.24. The second-order valence-electron chi connectivity index (χ2n) is 6.84. The molecule has 1 aliphatic heterocycles. The molecule has 26 heavy (non-hydrogen) atoms. The lowest BCUT2D eigenvalue weighted by atomic mass is 9.95. The number of rotatable bonds is 6. The van der Waals surface area contributed by atoms with Crippen LogP contribution >= 0.6 is 15.9 Å². The van der Waals surface area contributed by atoms with Crippen molar-refractivity contribution < 1.29 is 4.74 Å². The SMILES string of the molecule is Brc1cnc2nc(-c3ccc(OCCCC4CCCNC4)cc3)[nH]c2c1. The van der Waals surface area contributed by atoms with Crippen LogP contribution in [-0.2, 0) is 0 Å². The Balaban J connectivity index is 1.32. The van der Waals surface area contributed by atoms with Gasteiger partial charge in [0.1, 0.15) is 11.6 Å². The Bertz CT molecular complexity index is 856. The van der Waals surface area contributed by atoms with Gasteiger partial charge in [-0.1, -0.05) is 0 Å². The molecule has 0 aliphatic carbocycles. The molecule has 0 bridgehead atoms. The third-order valence-electron chi connectivity index (χ3n) is 4.86. The number of aromatic amines is 1. The molecular formula is C20H23BrN4O. The van der Waals surface area contributed by atoms with Crippen molar-refractivity contribution in [1.82, 2.24) is 20.3 Å². The molecule has 2 N–H and O–H groups in total. The van der Waals surface area contributed by atoms with Gasteiger partial charge in [-0.05, 0) is 91.0 Å². The fourth-order valence-electron chi connectivity index (χ4n) is 3.45. The summed E-state index contributed by atoms with van der Waals surface area (Å²) in [6.07, 6.45) is 6.77. The second-order valence-corrected chi connectivity index (χ2v) is 7.75. The predicted octanol–water partition coefficient (Wildman–Crippen LogP) is 4.55. The zero-order valence-electron chi connectivity index (χ0n) is 14.7. The second kappa shape index (κ2) is 8.18. The lowest BCUT2D eigenvalue weighted by Gasteiger charge is -2.22. The normalized spacial score (nSPS) is 17.5. The van der Waals surface area contributed by atoms with E-state index in [9.17, 15) is 0 Å². The molecule has 1 fully saturated rings. The predicted molar refractivity (Wildman–Crippen MR) is 107 cm³/mol. The maximum absolute atomic E-state index is 5.89. The number of nitrogens with one attached hydrogen (secondary N) is 2. The summed E-state index contributed by atoms with van der Waals surface area (Å²) in [6.45, 7) is 3.12. The first-order valence-corrected chi connectivity index (χ1v) is 10.0. The summed E-state index contributed by atoms with van der Waals surface area (Å²) in [5.74, 6) is 2.55. The van der Waals surface area contributed by atoms with Crippen LogP contribution in [0.1, 0.15) is 25.7 Å². The maximum atomic E-state index is 5.89. The largest absolute Gasteiger partial charge is 0.494 e. The monoisotopic (exact) mass is 414 g/mol. The van der Waals surface area contributed by atoms with E-state index in [1.165, 1.54) is 25.8 Å². The standard InChI is InChI=1S/C20H23BrN4O/c21-16-11-18-20(23-13-16)25-19(24-18)15-5-7-17(8-6-15)26-10-2-4-14-3-1-9-22-12-14/h5-8,11,13-14,22H,1-4,9-10,12H2,(H,23,24,25). The van der Waals surface area contributed by atoms with Crippen molar-refractivity contribution in [2.24, 2.45) is 5.92 Å². The molecule has 0 radical (unpaired) electrons. The molecule has 1 aromatic carbocycles. The van der Waals surface area contributed by atoms with E-state index in [4.69, 9.17) is 4.74 Å². The Morgan fingerprint density at radius 1 is 1.23 bits per heavy atom. The van der Waals surface area contributed by atoms with Gasteiger partial charge in [-0.3, -0.25) is 0 Å². The highest BCUT2D eigenvalue weighted by Crippen LogP contribution is 2.24. The first-order chi connectivity index (χ1) is 12.8. The molecule has 3 aromatic rings. The fraction of sp³-hybridized carbons (Fsp3) is 0.400. The number of piperidine rings is 1. The van der Waals surface area contributed by atoms with E-state index in [0.29, 0.717) is 0 Å². The lowest BCUT2D eigenvalue weighted by Crippen LogP contribution is -2.29. The number of imidazole rings is 1. The van der Waals surface area contributed by atoms with E-state index in [-0.39, 0.29) is 0 Å². The number of nitrogens with zero attached hydrogens (tertiary/aromatic N) is 2. The molecule has 0 saturated carbocycles. The molecule has 1 saturated heterocycles. The number of fused-ring (bicyclic) bond motifs is 1. The van der Waals surface area contributed by atoms with Crippen LogP contribution < -0.4 is 10.1 Å². The quantitative estimate of drug-likeness (QED) is 0.580. The Hall–Kier alpha value is -1.92. The average molecular weight is 415 g/mol. The van der Waals surface area contributed by atoms with Crippen molar-refractivity contribution in [3.05, 3.63) is 41.0 Å². The molecule has 136 valence electrons. The molecule has 0 spiro atoms. The minimum Gasteiger partial charge on any atom is -0.494 e. The van der Waals surface area contributed by atoms with Gasteiger partial charge in [-0.2, -0.15) is 0 Å². The Kier molecular flexibility index (Phi) is 5.51. The molecule has 3 heterocycles. The van der Waals surface area contributed by atoms with Crippen molar-refractivity contribution >= 4 is 27.1 Å². The van der Waals surface area contributed by atoms with Gasteiger partial charge in [0, 0.05) is 16.2 Å². The molecule has 1 atom stereocenters. The molecule has 4 rings (SSSR count). The van der Waals surface area contributed by atoms with Gasteiger partial charge in [0.15, 0.2) is 5.65 Å². The van der Waals surface area contributed by atoms with Crippen LogP contribution in [0, 0.1) is 5.92 Å². The third-order valence-corrected chi connectivity index (χ3v) is 5.29.